The third kappa shape index (κ3) is 4.01. The fourth-order valence-corrected chi connectivity index (χ4v) is 5.13. The molecule has 1 saturated carbocycles. The summed E-state index contributed by atoms with van der Waals surface area (Å²) in [5.74, 6) is 0.218. The first-order chi connectivity index (χ1) is 13.6. The zero-order valence-electron chi connectivity index (χ0n) is 17.4. The molecule has 1 aromatic rings. The summed E-state index contributed by atoms with van der Waals surface area (Å²) in [6.07, 6.45) is 3.87. The first kappa shape index (κ1) is 21.0. The Morgan fingerprint density at radius 1 is 1.25 bits per heavy atom. The van der Waals surface area contributed by atoms with Gasteiger partial charge in [-0.05, 0) is 37.7 Å². The number of likely N-dealkylation sites (tertiary alicyclic amines) is 1. The molecular formula is C23H33NO4. The quantitative estimate of drug-likeness (QED) is 0.721. The van der Waals surface area contributed by atoms with Gasteiger partial charge in [0.2, 0.25) is 5.91 Å². The number of ketones is 1. The van der Waals surface area contributed by atoms with Crippen molar-refractivity contribution in [3.8, 4) is 0 Å². The summed E-state index contributed by atoms with van der Waals surface area (Å²) in [4.78, 5) is 28.6. The molecule has 0 radical (unpaired) electrons. The molecule has 1 aromatic carbocycles. The van der Waals surface area contributed by atoms with Gasteiger partial charge in [0.05, 0.1) is 24.2 Å². The zero-order chi connectivity index (χ0) is 20.1. The molecule has 5 heteroatoms. The number of hydrogen-bond donors (Lipinski definition) is 0. The van der Waals surface area contributed by atoms with Gasteiger partial charge in [0.1, 0.15) is 5.78 Å². The van der Waals surface area contributed by atoms with Crippen LogP contribution in [0.1, 0.15) is 44.6 Å². The van der Waals surface area contributed by atoms with Gasteiger partial charge in [-0.25, -0.2) is 0 Å². The van der Waals surface area contributed by atoms with Gasteiger partial charge in [-0.2, -0.15) is 0 Å². The number of ether oxygens (including phenoxy) is 2. The highest BCUT2D eigenvalue weighted by molar-refractivity contribution is 5.90. The molecule has 1 saturated heterocycles. The van der Waals surface area contributed by atoms with Crippen LogP contribution in [0.5, 0.6) is 0 Å². The summed E-state index contributed by atoms with van der Waals surface area (Å²) in [5.41, 5.74) is 0.505. The molecule has 1 aliphatic heterocycles. The van der Waals surface area contributed by atoms with E-state index in [4.69, 9.17) is 9.47 Å². The standard InChI is InChI=1S/C23H33NO4/c1-4-23(22(26)24-12-8-11-19(24)16-27-2)15-18(20(25)14-21(23)28-3)13-17-9-6-5-7-10-17/h5-7,9-10,18-19,21H,4,8,11-16H2,1-3H3/t18-,19-,21-,23+/m0/s1. The number of carbonyl (C=O) groups excluding carboxylic acids is 2. The summed E-state index contributed by atoms with van der Waals surface area (Å²) in [5, 5.41) is 0. The number of methoxy groups -OCH3 is 2. The SMILES string of the molecule is CC[C@@]1(C(=O)N2CCC[C@H]2COC)C[C@H](Cc2ccccc2)C(=O)C[C@@H]1OC. The van der Waals surface area contributed by atoms with Crippen molar-refractivity contribution in [1.29, 1.82) is 0 Å². The molecule has 1 heterocycles. The molecule has 4 atom stereocenters. The van der Waals surface area contributed by atoms with Crippen molar-refractivity contribution < 1.29 is 19.1 Å². The lowest BCUT2D eigenvalue weighted by Crippen LogP contribution is -2.57. The third-order valence-corrected chi connectivity index (χ3v) is 6.73. The molecule has 154 valence electrons. The Hall–Kier alpha value is -1.72. The second-order valence-electron chi connectivity index (χ2n) is 8.25. The Balaban J connectivity index is 1.86. The minimum atomic E-state index is -0.640. The van der Waals surface area contributed by atoms with Gasteiger partial charge >= 0.3 is 0 Å². The summed E-state index contributed by atoms with van der Waals surface area (Å²) < 4.78 is 11.1. The van der Waals surface area contributed by atoms with Crippen LogP contribution < -0.4 is 0 Å². The van der Waals surface area contributed by atoms with Crippen LogP contribution in [-0.4, -0.2) is 56.1 Å². The van der Waals surface area contributed by atoms with Crippen molar-refractivity contribution in [2.75, 3.05) is 27.4 Å². The minimum Gasteiger partial charge on any atom is -0.383 e. The summed E-state index contributed by atoms with van der Waals surface area (Å²) in [6, 6.07) is 10.2. The molecule has 0 spiro atoms. The van der Waals surface area contributed by atoms with Crippen LogP contribution in [0.4, 0.5) is 0 Å². The van der Waals surface area contributed by atoms with E-state index in [9.17, 15) is 9.59 Å². The van der Waals surface area contributed by atoms with E-state index in [2.05, 4.69) is 19.1 Å². The van der Waals surface area contributed by atoms with Crippen molar-refractivity contribution in [1.82, 2.24) is 4.90 Å². The van der Waals surface area contributed by atoms with Crippen molar-refractivity contribution in [2.24, 2.45) is 11.3 Å². The molecule has 2 fully saturated rings. The Bertz CT molecular complexity index is 676. The van der Waals surface area contributed by atoms with Gasteiger partial charge in [-0.15, -0.1) is 0 Å². The highest BCUT2D eigenvalue weighted by Crippen LogP contribution is 2.45. The minimum absolute atomic E-state index is 0.128. The average Bonchev–Trinajstić information content (AvgIpc) is 3.18. The summed E-state index contributed by atoms with van der Waals surface area (Å²) in [7, 11) is 3.31. The fraction of sp³-hybridized carbons (Fsp3) is 0.652. The van der Waals surface area contributed by atoms with Crippen molar-refractivity contribution in [2.45, 2.75) is 57.6 Å². The van der Waals surface area contributed by atoms with Crippen molar-refractivity contribution in [3.63, 3.8) is 0 Å². The lowest BCUT2D eigenvalue weighted by molar-refractivity contribution is -0.163. The second kappa shape index (κ2) is 9.19. The molecule has 28 heavy (non-hydrogen) atoms. The molecule has 1 aliphatic carbocycles. The molecule has 5 nitrogen and oxygen atoms in total. The van der Waals surface area contributed by atoms with Crippen LogP contribution in [-0.2, 0) is 25.5 Å². The van der Waals surface area contributed by atoms with Gasteiger partial charge < -0.3 is 14.4 Å². The second-order valence-corrected chi connectivity index (χ2v) is 8.25. The summed E-state index contributed by atoms with van der Waals surface area (Å²) in [6.45, 7) is 3.39. The number of hydrogen-bond acceptors (Lipinski definition) is 4. The third-order valence-electron chi connectivity index (χ3n) is 6.73. The van der Waals surface area contributed by atoms with E-state index in [-0.39, 0.29) is 29.8 Å². The molecule has 2 aliphatic rings. The molecular weight excluding hydrogens is 354 g/mol. The highest BCUT2D eigenvalue weighted by Gasteiger charge is 2.54. The maximum Gasteiger partial charge on any atom is 0.231 e. The normalized spacial score (nSPS) is 30.6. The van der Waals surface area contributed by atoms with Crippen LogP contribution in [0.25, 0.3) is 0 Å². The van der Waals surface area contributed by atoms with Gasteiger partial charge in [-0.1, -0.05) is 37.3 Å². The monoisotopic (exact) mass is 387 g/mol. The van der Waals surface area contributed by atoms with E-state index in [0.717, 1.165) is 24.9 Å². The number of amides is 1. The lowest BCUT2D eigenvalue weighted by Gasteiger charge is -2.46. The van der Waals surface area contributed by atoms with E-state index >= 15 is 0 Å². The predicted molar refractivity (Wildman–Crippen MR) is 108 cm³/mol. The van der Waals surface area contributed by atoms with E-state index in [1.807, 2.05) is 23.1 Å². The largest absolute Gasteiger partial charge is 0.383 e. The van der Waals surface area contributed by atoms with Crippen LogP contribution in [0, 0.1) is 11.3 Å². The van der Waals surface area contributed by atoms with Crippen LogP contribution >= 0.6 is 0 Å². The number of benzene rings is 1. The lowest BCUT2D eigenvalue weighted by atomic mass is 9.63. The Morgan fingerprint density at radius 2 is 2.00 bits per heavy atom. The van der Waals surface area contributed by atoms with Crippen LogP contribution in [0.15, 0.2) is 30.3 Å². The van der Waals surface area contributed by atoms with Gasteiger partial charge in [0, 0.05) is 33.1 Å². The molecule has 0 N–H and O–H groups in total. The van der Waals surface area contributed by atoms with E-state index < -0.39 is 5.41 Å². The molecule has 0 unspecified atom stereocenters. The number of rotatable bonds is 7. The van der Waals surface area contributed by atoms with Gasteiger partial charge in [-0.3, -0.25) is 9.59 Å². The fourth-order valence-electron chi connectivity index (χ4n) is 5.13. The Labute approximate surface area is 168 Å². The first-order valence-corrected chi connectivity index (χ1v) is 10.4. The maximum atomic E-state index is 13.8. The molecule has 0 bridgehead atoms. The summed E-state index contributed by atoms with van der Waals surface area (Å²) >= 11 is 0. The highest BCUT2D eigenvalue weighted by atomic mass is 16.5. The number of Topliss-reactive ketones (excluding diaryl/α,β-unsaturated/α-hetero) is 1. The van der Waals surface area contributed by atoms with Gasteiger partial charge in [0.25, 0.3) is 0 Å². The molecule has 3 rings (SSSR count). The van der Waals surface area contributed by atoms with E-state index in [0.29, 0.717) is 32.3 Å². The van der Waals surface area contributed by atoms with Crippen LogP contribution in [0.2, 0.25) is 0 Å². The Kier molecular flexibility index (Phi) is 6.89. The van der Waals surface area contributed by atoms with E-state index in [1.54, 1.807) is 14.2 Å². The Morgan fingerprint density at radius 3 is 2.64 bits per heavy atom. The average molecular weight is 388 g/mol. The number of carbonyl (C=O) groups is 2. The molecule has 1 amide bonds. The van der Waals surface area contributed by atoms with Crippen molar-refractivity contribution in [3.05, 3.63) is 35.9 Å². The first-order valence-electron chi connectivity index (χ1n) is 10.4. The maximum absolute atomic E-state index is 13.8. The molecule has 0 aromatic heterocycles. The zero-order valence-corrected chi connectivity index (χ0v) is 17.4. The van der Waals surface area contributed by atoms with Crippen molar-refractivity contribution >= 4 is 11.7 Å². The van der Waals surface area contributed by atoms with E-state index in [1.165, 1.54) is 0 Å². The smallest absolute Gasteiger partial charge is 0.231 e. The van der Waals surface area contributed by atoms with Gasteiger partial charge in [0.15, 0.2) is 0 Å². The number of nitrogens with zero attached hydrogens (tertiary/aromatic N) is 1. The topological polar surface area (TPSA) is 55.8 Å². The van der Waals surface area contributed by atoms with Crippen LogP contribution in [0.3, 0.4) is 0 Å². The predicted octanol–water partition coefficient (Wildman–Crippen LogP) is 3.26.